The number of ether oxygens (including phenoxy) is 1. The quantitative estimate of drug-likeness (QED) is 0.307. The predicted molar refractivity (Wildman–Crippen MR) is 141 cm³/mol. The molecule has 1 N–H and O–H groups in total. The standard InChI is InChI=1S/C28H19F3N2O4S2/c29-28(30,31)16-9-6-10-17(13-16)33-25(34)21-20(22-24(32-27(36)39-22)38-23(21)26(33)35)18-11-4-5-12-19(18)37-14-15-7-2-1-3-8-15/h1-13,20-21,23H,14H2,(H,32,36). The van der Waals surface area contributed by atoms with E-state index in [2.05, 4.69) is 4.98 Å². The number of alkyl halides is 3. The van der Waals surface area contributed by atoms with Gasteiger partial charge in [-0.1, -0.05) is 77.7 Å². The smallest absolute Gasteiger partial charge is 0.416 e. The predicted octanol–water partition coefficient (Wildman–Crippen LogP) is 5.83. The fourth-order valence-electron chi connectivity index (χ4n) is 5.03. The van der Waals surface area contributed by atoms with Crippen LogP contribution in [0.25, 0.3) is 0 Å². The van der Waals surface area contributed by atoms with Gasteiger partial charge in [0.1, 0.15) is 17.6 Å². The molecule has 0 aliphatic carbocycles. The molecule has 2 aliphatic heterocycles. The van der Waals surface area contributed by atoms with Gasteiger partial charge in [-0.3, -0.25) is 14.4 Å². The van der Waals surface area contributed by atoms with Gasteiger partial charge >= 0.3 is 11.0 Å². The molecule has 6 rings (SSSR count). The first-order valence-corrected chi connectivity index (χ1v) is 13.6. The fraction of sp³-hybridized carbons (Fsp3) is 0.179. The third-order valence-electron chi connectivity index (χ3n) is 6.75. The molecular formula is C28H19F3N2O4S2. The second-order valence-corrected chi connectivity index (χ2v) is 11.3. The van der Waals surface area contributed by atoms with Crippen molar-refractivity contribution in [1.82, 2.24) is 4.98 Å². The number of H-pyrrole nitrogens is 1. The number of thiazole rings is 1. The molecule has 0 radical (unpaired) electrons. The Bertz CT molecular complexity index is 1630. The summed E-state index contributed by atoms with van der Waals surface area (Å²) in [7, 11) is 0. The van der Waals surface area contributed by atoms with Crippen LogP contribution in [-0.2, 0) is 22.4 Å². The van der Waals surface area contributed by atoms with E-state index in [1.54, 1.807) is 24.3 Å². The van der Waals surface area contributed by atoms with Crippen LogP contribution in [-0.4, -0.2) is 22.0 Å². The van der Waals surface area contributed by atoms with Gasteiger partial charge in [0.15, 0.2) is 0 Å². The zero-order valence-electron chi connectivity index (χ0n) is 20.0. The topological polar surface area (TPSA) is 79.5 Å². The highest BCUT2D eigenvalue weighted by atomic mass is 32.2. The number of hydrogen-bond acceptors (Lipinski definition) is 6. The monoisotopic (exact) mass is 568 g/mol. The van der Waals surface area contributed by atoms with Crippen molar-refractivity contribution >= 4 is 40.6 Å². The number of halogens is 3. The van der Waals surface area contributed by atoms with Crippen LogP contribution >= 0.6 is 23.1 Å². The lowest BCUT2D eigenvalue weighted by molar-refractivity contribution is -0.137. The van der Waals surface area contributed by atoms with Gasteiger partial charge in [0, 0.05) is 16.4 Å². The van der Waals surface area contributed by atoms with E-state index in [1.165, 1.54) is 12.1 Å². The normalized spacial score (nSPS) is 20.6. The maximum absolute atomic E-state index is 13.9. The van der Waals surface area contributed by atoms with Crippen molar-refractivity contribution in [2.24, 2.45) is 5.92 Å². The highest BCUT2D eigenvalue weighted by Crippen LogP contribution is 2.54. The van der Waals surface area contributed by atoms with E-state index in [9.17, 15) is 27.6 Å². The van der Waals surface area contributed by atoms with E-state index in [0.717, 1.165) is 45.7 Å². The Morgan fingerprint density at radius 1 is 0.897 bits per heavy atom. The van der Waals surface area contributed by atoms with E-state index in [0.29, 0.717) is 21.2 Å². The summed E-state index contributed by atoms with van der Waals surface area (Å²) in [5.41, 5.74) is 0.452. The highest BCUT2D eigenvalue weighted by Gasteiger charge is 2.57. The molecule has 0 saturated carbocycles. The zero-order chi connectivity index (χ0) is 27.3. The minimum absolute atomic E-state index is 0.140. The molecule has 198 valence electrons. The summed E-state index contributed by atoms with van der Waals surface area (Å²) in [4.78, 5) is 43.7. The number of thioether (sulfide) groups is 1. The van der Waals surface area contributed by atoms with Crippen molar-refractivity contribution in [2.75, 3.05) is 4.90 Å². The van der Waals surface area contributed by atoms with Crippen LogP contribution in [0.15, 0.2) is 88.7 Å². The molecule has 3 aromatic carbocycles. The molecule has 1 saturated heterocycles. The Morgan fingerprint density at radius 2 is 1.64 bits per heavy atom. The minimum Gasteiger partial charge on any atom is -0.489 e. The van der Waals surface area contributed by atoms with Crippen LogP contribution in [0.4, 0.5) is 18.9 Å². The molecule has 3 heterocycles. The van der Waals surface area contributed by atoms with Gasteiger partial charge in [-0.15, -0.1) is 0 Å². The van der Waals surface area contributed by atoms with Gasteiger partial charge in [0.05, 0.1) is 22.2 Å². The van der Waals surface area contributed by atoms with Gasteiger partial charge in [0.2, 0.25) is 11.8 Å². The third kappa shape index (κ3) is 4.55. The van der Waals surface area contributed by atoms with E-state index in [1.807, 2.05) is 30.3 Å². The van der Waals surface area contributed by atoms with Gasteiger partial charge < -0.3 is 9.72 Å². The highest BCUT2D eigenvalue weighted by molar-refractivity contribution is 8.00. The SMILES string of the molecule is O=C1C2Sc3[nH]c(=O)sc3C(c3ccccc3OCc3ccccc3)C2C(=O)N1c1cccc(C(F)(F)F)c1. The largest absolute Gasteiger partial charge is 0.489 e. The van der Waals surface area contributed by atoms with Crippen LogP contribution < -0.4 is 14.5 Å². The Balaban J connectivity index is 1.43. The number of nitrogens with zero attached hydrogens (tertiary/aromatic N) is 1. The number of carbonyl (C=O) groups excluding carboxylic acids is 2. The Labute approximate surface area is 228 Å². The van der Waals surface area contributed by atoms with Crippen LogP contribution in [0.3, 0.4) is 0 Å². The lowest BCUT2D eigenvalue weighted by Gasteiger charge is -2.30. The maximum atomic E-state index is 13.9. The molecule has 1 fully saturated rings. The molecule has 1 aromatic heterocycles. The summed E-state index contributed by atoms with van der Waals surface area (Å²) in [5, 5.41) is -0.460. The second kappa shape index (κ2) is 9.73. The van der Waals surface area contributed by atoms with Gasteiger partial charge in [-0.25, -0.2) is 4.90 Å². The lowest BCUT2D eigenvalue weighted by Crippen LogP contribution is -2.32. The van der Waals surface area contributed by atoms with Crippen molar-refractivity contribution < 1.29 is 27.5 Å². The number of benzene rings is 3. The number of anilines is 1. The van der Waals surface area contributed by atoms with E-state index in [-0.39, 0.29) is 17.2 Å². The Morgan fingerprint density at radius 3 is 2.41 bits per heavy atom. The molecule has 39 heavy (non-hydrogen) atoms. The average Bonchev–Trinajstić information content (AvgIpc) is 3.42. The molecule has 0 bridgehead atoms. The number of amides is 2. The van der Waals surface area contributed by atoms with E-state index >= 15 is 0 Å². The molecule has 11 heteroatoms. The van der Waals surface area contributed by atoms with Crippen molar-refractivity contribution in [1.29, 1.82) is 0 Å². The number of fused-ring (bicyclic) bond motifs is 2. The summed E-state index contributed by atoms with van der Waals surface area (Å²) in [6, 6.07) is 20.8. The second-order valence-electron chi connectivity index (χ2n) is 9.12. The number of rotatable bonds is 5. The summed E-state index contributed by atoms with van der Waals surface area (Å²) in [5.74, 6) is -2.42. The minimum atomic E-state index is -4.63. The number of para-hydroxylation sites is 1. The molecule has 3 atom stereocenters. The number of carbonyl (C=O) groups is 2. The molecule has 4 aromatic rings. The number of imide groups is 1. The number of hydrogen-bond donors (Lipinski definition) is 1. The first-order valence-electron chi connectivity index (χ1n) is 11.9. The number of aromatic nitrogens is 1. The van der Waals surface area contributed by atoms with Gasteiger partial charge in [-0.2, -0.15) is 13.2 Å². The molecule has 2 aliphatic rings. The fourth-order valence-corrected chi connectivity index (χ4v) is 7.54. The van der Waals surface area contributed by atoms with Crippen LogP contribution in [0.2, 0.25) is 0 Å². The Kier molecular flexibility index (Phi) is 6.35. The number of nitrogens with one attached hydrogen (secondary N) is 1. The molecule has 6 nitrogen and oxygen atoms in total. The van der Waals surface area contributed by atoms with Gasteiger partial charge in [-0.05, 0) is 29.8 Å². The van der Waals surface area contributed by atoms with Crippen LogP contribution in [0.5, 0.6) is 5.75 Å². The summed E-state index contributed by atoms with van der Waals surface area (Å²) in [6.07, 6.45) is -4.63. The zero-order valence-corrected chi connectivity index (χ0v) is 21.6. The molecule has 3 unspecified atom stereocenters. The van der Waals surface area contributed by atoms with Crippen molar-refractivity contribution in [2.45, 2.75) is 29.0 Å². The van der Waals surface area contributed by atoms with Crippen molar-refractivity contribution in [3.8, 4) is 5.75 Å². The van der Waals surface area contributed by atoms with Crippen LogP contribution in [0.1, 0.15) is 27.5 Å². The number of aromatic amines is 1. The van der Waals surface area contributed by atoms with Gasteiger partial charge in [0.25, 0.3) is 0 Å². The van der Waals surface area contributed by atoms with Crippen LogP contribution in [0, 0.1) is 5.92 Å². The van der Waals surface area contributed by atoms with Crippen molar-refractivity contribution in [3.63, 3.8) is 0 Å². The first kappa shape index (κ1) is 25.4. The van der Waals surface area contributed by atoms with E-state index < -0.39 is 40.6 Å². The first-order chi connectivity index (χ1) is 18.7. The molecular weight excluding hydrogens is 549 g/mol. The third-order valence-corrected chi connectivity index (χ3v) is 9.15. The average molecular weight is 569 g/mol. The molecule has 2 amide bonds. The maximum Gasteiger partial charge on any atom is 0.416 e. The lowest BCUT2D eigenvalue weighted by atomic mass is 9.82. The summed E-state index contributed by atoms with van der Waals surface area (Å²) < 4.78 is 46.4. The Hall–Kier alpha value is -3.83. The summed E-state index contributed by atoms with van der Waals surface area (Å²) in [6.45, 7) is 0.257. The van der Waals surface area contributed by atoms with E-state index in [4.69, 9.17) is 4.74 Å². The summed E-state index contributed by atoms with van der Waals surface area (Å²) >= 11 is 2.02. The molecule has 0 spiro atoms. The van der Waals surface area contributed by atoms with Crippen molar-refractivity contribution in [3.05, 3.63) is 110 Å².